The summed E-state index contributed by atoms with van der Waals surface area (Å²) in [4.78, 5) is 11.9. The molecule has 2 saturated carbocycles. The van der Waals surface area contributed by atoms with Crippen LogP contribution in [0, 0.1) is 5.92 Å². The topological polar surface area (TPSA) is 59.0 Å². The molecule has 128 valence electrons. The first-order valence-electron chi connectivity index (χ1n) is 8.39. The van der Waals surface area contributed by atoms with Gasteiger partial charge in [-0.3, -0.25) is 10.00 Å². The van der Waals surface area contributed by atoms with Gasteiger partial charge in [0, 0.05) is 38.4 Å². The van der Waals surface area contributed by atoms with E-state index in [9.17, 15) is 13.6 Å². The molecular formula is C16H24F2N4O. The number of amides is 2. The van der Waals surface area contributed by atoms with Gasteiger partial charge in [0.1, 0.15) is 5.82 Å². The highest BCUT2D eigenvalue weighted by molar-refractivity contribution is 5.88. The SMILES string of the molecule is Cn1nc(C2CC2)cc1NC(=O)NCCC1CCC(F)(F)CC1. The highest BCUT2D eigenvalue weighted by Crippen LogP contribution is 2.40. The van der Waals surface area contributed by atoms with Crippen molar-refractivity contribution in [1.82, 2.24) is 15.1 Å². The minimum Gasteiger partial charge on any atom is -0.338 e. The lowest BCUT2D eigenvalue weighted by Gasteiger charge is -2.28. The summed E-state index contributed by atoms with van der Waals surface area (Å²) in [7, 11) is 1.81. The molecule has 0 saturated heterocycles. The zero-order valence-corrected chi connectivity index (χ0v) is 13.4. The van der Waals surface area contributed by atoms with Crippen LogP contribution in [0.4, 0.5) is 19.4 Å². The number of carbonyl (C=O) groups excluding carboxylic acids is 1. The van der Waals surface area contributed by atoms with E-state index in [1.165, 1.54) is 12.8 Å². The van der Waals surface area contributed by atoms with Crippen LogP contribution < -0.4 is 10.6 Å². The molecule has 23 heavy (non-hydrogen) atoms. The summed E-state index contributed by atoms with van der Waals surface area (Å²) < 4.78 is 27.8. The molecule has 0 aliphatic heterocycles. The molecule has 0 atom stereocenters. The number of urea groups is 1. The second kappa shape index (κ2) is 6.45. The summed E-state index contributed by atoms with van der Waals surface area (Å²) in [5.74, 6) is -0.973. The average Bonchev–Trinajstić information content (AvgIpc) is 3.27. The molecule has 0 spiro atoms. The molecule has 5 nitrogen and oxygen atoms in total. The zero-order valence-electron chi connectivity index (χ0n) is 13.4. The van der Waals surface area contributed by atoms with E-state index in [0.29, 0.717) is 31.1 Å². The number of aryl methyl sites for hydroxylation is 1. The molecular weight excluding hydrogens is 302 g/mol. The molecule has 7 heteroatoms. The lowest BCUT2D eigenvalue weighted by molar-refractivity contribution is -0.0463. The van der Waals surface area contributed by atoms with E-state index >= 15 is 0 Å². The molecule has 1 aromatic heterocycles. The van der Waals surface area contributed by atoms with Crippen molar-refractivity contribution in [1.29, 1.82) is 0 Å². The Morgan fingerprint density at radius 1 is 1.35 bits per heavy atom. The average molecular weight is 326 g/mol. The minimum atomic E-state index is -2.49. The quantitative estimate of drug-likeness (QED) is 0.868. The number of hydrogen-bond acceptors (Lipinski definition) is 2. The summed E-state index contributed by atoms with van der Waals surface area (Å²) >= 11 is 0. The second-order valence-electron chi connectivity index (χ2n) is 6.82. The first-order valence-corrected chi connectivity index (χ1v) is 8.39. The van der Waals surface area contributed by atoms with Crippen LogP contribution in [-0.2, 0) is 7.05 Å². The van der Waals surface area contributed by atoms with Crippen molar-refractivity contribution in [3.63, 3.8) is 0 Å². The minimum absolute atomic E-state index is 0.0250. The van der Waals surface area contributed by atoms with Crippen molar-refractivity contribution in [2.45, 2.75) is 56.8 Å². The van der Waals surface area contributed by atoms with Crippen LogP contribution in [0.2, 0.25) is 0 Å². The Labute approximate surface area is 134 Å². The summed E-state index contributed by atoms with van der Waals surface area (Å²) in [6, 6.07) is 1.65. The number of anilines is 1. The highest BCUT2D eigenvalue weighted by Gasteiger charge is 2.34. The molecule has 0 radical (unpaired) electrons. The van der Waals surface area contributed by atoms with Gasteiger partial charge in [0.25, 0.3) is 0 Å². The maximum absolute atomic E-state index is 13.1. The first kappa shape index (κ1) is 16.2. The van der Waals surface area contributed by atoms with Gasteiger partial charge in [0.2, 0.25) is 5.92 Å². The van der Waals surface area contributed by atoms with Crippen molar-refractivity contribution < 1.29 is 13.6 Å². The Bertz CT molecular complexity index is 558. The normalized spacial score (nSPS) is 21.2. The number of rotatable bonds is 5. The fourth-order valence-corrected chi connectivity index (χ4v) is 3.12. The second-order valence-corrected chi connectivity index (χ2v) is 6.82. The number of nitrogens with one attached hydrogen (secondary N) is 2. The number of aromatic nitrogens is 2. The van der Waals surface area contributed by atoms with Gasteiger partial charge >= 0.3 is 6.03 Å². The van der Waals surface area contributed by atoms with Crippen LogP contribution in [0.3, 0.4) is 0 Å². The smallest absolute Gasteiger partial charge is 0.320 e. The molecule has 0 bridgehead atoms. The van der Waals surface area contributed by atoms with E-state index in [2.05, 4.69) is 15.7 Å². The number of halogens is 2. The fraction of sp³-hybridized carbons (Fsp3) is 0.750. The number of hydrogen-bond donors (Lipinski definition) is 2. The molecule has 0 aromatic carbocycles. The number of nitrogens with zero attached hydrogens (tertiary/aromatic N) is 2. The summed E-state index contributed by atoms with van der Waals surface area (Å²) in [5, 5.41) is 9.99. The van der Waals surface area contributed by atoms with Gasteiger partial charge in [-0.05, 0) is 38.0 Å². The van der Waals surface area contributed by atoms with Crippen LogP contribution in [-0.4, -0.2) is 28.3 Å². The summed E-state index contributed by atoms with van der Waals surface area (Å²) in [5.41, 5.74) is 1.03. The molecule has 1 aromatic rings. The van der Waals surface area contributed by atoms with E-state index in [1.807, 2.05) is 13.1 Å². The van der Waals surface area contributed by atoms with E-state index < -0.39 is 5.92 Å². The van der Waals surface area contributed by atoms with Gasteiger partial charge in [-0.2, -0.15) is 5.10 Å². The van der Waals surface area contributed by atoms with E-state index in [4.69, 9.17) is 0 Å². The maximum Gasteiger partial charge on any atom is 0.320 e. The summed E-state index contributed by atoms with van der Waals surface area (Å²) in [6.07, 6.45) is 4.13. The Hall–Kier alpha value is -1.66. The molecule has 1 heterocycles. The predicted molar refractivity (Wildman–Crippen MR) is 83.7 cm³/mol. The largest absolute Gasteiger partial charge is 0.338 e. The third-order valence-corrected chi connectivity index (χ3v) is 4.81. The van der Waals surface area contributed by atoms with E-state index in [-0.39, 0.29) is 24.8 Å². The van der Waals surface area contributed by atoms with Crippen LogP contribution in [0.15, 0.2) is 6.07 Å². The van der Waals surface area contributed by atoms with Crippen molar-refractivity contribution >= 4 is 11.8 Å². The van der Waals surface area contributed by atoms with Crippen molar-refractivity contribution in [3.8, 4) is 0 Å². The Kier molecular flexibility index (Phi) is 4.55. The lowest BCUT2D eigenvalue weighted by atomic mass is 9.85. The van der Waals surface area contributed by atoms with Crippen molar-refractivity contribution in [2.75, 3.05) is 11.9 Å². The zero-order chi connectivity index (χ0) is 16.4. The number of alkyl halides is 2. The van der Waals surface area contributed by atoms with E-state index in [1.54, 1.807) is 4.68 Å². The van der Waals surface area contributed by atoms with Gasteiger partial charge in [0.15, 0.2) is 0 Å². The molecule has 2 N–H and O–H groups in total. The molecule has 2 amide bonds. The van der Waals surface area contributed by atoms with Crippen molar-refractivity contribution in [2.24, 2.45) is 13.0 Å². The predicted octanol–water partition coefficient (Wildman–Crippen LogP) is 3.63. The lowest BCUT2D eigenvalue weighted by Crippen LogP contribution is -2.32. The Morgan fingerprint density at radius 2 is 2.04 bits per heavy atom. The molecule has 2 fully saturated rings. The monoisotopic (exact) mass is 326 g/mol. The third kappa shape index (κ3) is 4.42. The van der Waals surface area contributed by atoms with Gasteiger partial charge in [0.05, 0.1) is 5.69 Å². The third-order valence-electron chi connectivity index (χ3n) is 4.81. The van der Waals surface area contributed by atoms with Crippen LogP contribution in [0.1, 0.15) is 56.6 Å². The molecule has 0 unspecified atom stereocenters. The first-order chi connectivity index (χ1) is 10.9. The van der Waals surface area contributed by atoms with Gasteiger partial charge in [-0.1, -0.05) is 0 Å². The van der Waals surface area contributed by atoms with E-state index in [0.717, 1.165) is 12.1 Å². The number of carbonyl (C=O) groups is 1. The van der Waals surface area contributed by atoms with Gasteiger partial charge in [-0.25, -0.2) is 13.6 Å². The maximum atomic E-state index is 13.1. The fourth-order valence-electron chi connectivity index (χ4n) is 3.12. The Balaban J connectivity index is 1.38. The molecule has 3 rings (SSSR count). The molecule has 2 aliphatic carbocycles. The van der Waals surface area contributed by atoms with Crippen molar-refractivity contribution in [3.05, 3.63) is 11.8 Å². The van der Waals surface area contributed by atoms with Gasteiger partial charge in [-0.15, -0.1) is 0 Å². The van der Waals surface area contributed by atoms with Crippen LogP contribution in [0.5, 0.6) is 0 Å². The van der Waals surface area contributed by atoms with Crippen LogP contribution >= 0.6 is 0 Å². The van der Waals surface area contributed by atoms with Crippen LogP contribution in [0.25, 0.3) is 0 Å². The van der Waals surface area contributed by atoms with Gasteiger partial charge < -0.3 is 5.32 Å². The Morgan fingerprint density at radius 3 is 2.70 bits per heavy atom. The molecule has 2 aliphatic rings. The highest BCUT2D eigenvalue weighted by atomic mass is 19.3. The summed E-state index contributed by atoms with van der Waals surface area (Å²) in [6.45, 7) is 0.509. The standard InChI is InChI=1S/C16H24F2N4O/c1-22-14(10-13(21-22)12-2-3-12)20-15(23)19-9-6-11-4-7-16(17,18)8-5-11/h10-12H,2-9H2,1H3,(H2,19,20,23).